The highest BCUT2D eigenvalue weighted by molar-refractivity contribution is 8.13. The fraction of sp³-hybridized carbons (Fsp3) is 0.321. The number of nitrogens with one attached hydrogen (secondary N) is 1. The largest absolute Gasteiger partial charge is 0.480 e. The summed E-state index contributed by atoms with van der Waals surface area (Å²) in [5, 5.41) is 2.77. The number of halogens is 6. The van der Waals surface area contributed by atoms with Crippen molar-refractivity contribution < 1.29 is 62.1 Å². The third kappa shape index (κ3) is 12.8. The minimum Gasteiger partial charge on any atom is -0.443 e. The number of aryl methyl sites for hydroxylation is 1. The third-order valence-corrected chi connectivity index (χ3v) is 8.63. The van der Waals surface area contributed by atoms with Gasteiger partial charge in [-0.1, -0.05) is 43.7 Å². The number of ether oxygens (including phenoxy) is 1. The summed E-state index contributed by atoms with van der Waals surface area (Å²) in [6.07, 6.45) is 7.14. The van der Waals surface area contributed by atoms with Gasteiger partial charge >= 0.3 is 17.1 Å². The number of hydrogen-bond acceptors (Lipinski definition) is 8. The zero-order valence-electron chi connectivity index (χ0n) is 24.5. The lowest BCUT2D eigenvalue weighted by Crippen LogP contribution is -2.40. The number of nitrogens with zero attached hydrogens (tertiary/aromatic N) is 3. The molecule has 0 saturated heterocycles. The molecular formula is C28H28F6N4O7S2. The number of pyridine rings is 1. The van der Waals surface area contributed by atoms with Crippen molar-refractivity contribution >= 4 is 43.6 Å². The molecule has 1 heterocycles. The first kappa shape index (κ1) is 38.9. The van der Waals surface area contributed by atoms with Gasteiger partial charge in [0.15, 0.2) is 45.1 Å². The van der Waals surface area contributed by atoms with E-state index in [-0.39, 0.29) is 0 Å². The fourth-order valence-corrected chi connectivity index (χ4v) is 5.31. The van der Waals surface area contributed by atoms with Gasteiger partial charge < -0.3 is 8.86 Å². The van der Waals surface area contributed by atoms with Gasteiger partial charge in [-0.05, 0) is 48.2 Å². The number of carbonyl (C=O) groups is 1. The molecule has 0 bridgehead atoms. The lowest BCUT2D eigenvalue weighted by atomic mass is 10.0. The first-order valence-corrected chi connectivity index (χ1v) is 16.3. The highest BCUT2D eigenvalue weighted by Crippen LogP contribution is 2.36. The van der Waals surface area contributed by atoms with E-state index in [1.54, 1.807) is 12.1 Å². The molecule has 256 valence electrons. The van der Waals surface area contributed by atoms with Gasteiger partial charge in [-0.15, -0.1) is 0 Å². The summed E-state index contributed by atoms with van der Waals surface area (Å²) in [5.41, 5.74) is -7.67. The second-order valence-electron chi connectivity index (χ2n) is 9.41. The number of rotatable bonds is 12. The van der Waals surface area contributed by atoms with E-state index in [9.17, 15) is 52.8 Å². The number of hydrogen-bond donors (Lipinski definition) is 1. The minimum atomic E-state index is -6.72. The average Bonchev–Trinajstić information content (AvgIpc) is 2.97. The van der Waals surface area contributed by atoms with Crippen LogP contribution in [-0.4, -0.2) is 46.6 Å². The third-order valence-electron chi connectivity index (χ3n) is 5.89. The van der Waals surface area contributed by atoms with Crippen molar-refractivity contribution in [2.24, 2.45) is 4.99 Å². The first-order chi connectivity index (χ1) is 21.9. The van der Waals surface area contributed by atoms with E-state index >= 15 is 0 Å². The number of isocyanates is 1. The molecule has 3 aromatic rings. The monoisotopic (exact) mass is 710 g/mol. The fourth-order valence-electron chi connectivity index (χ4n) is 3.60. The van der Waals surface area contributed by atoms with Crippen molar-refractivity contribution in [3.63, 3.8) is 0 Å². The highest BCUT2D eigenvalue weighted by atomic mass is 32.3. The molecule has 0 radical (unpaired) electrons. The van der Waals surface area contributed by atoms with E-state index in [1.165, 1.54) is 11.8 Å². The van der Waals surface area contributed by atoms with Crippen LogP contribution in [0.5, 0.6) is 0 Å². The Balaban J connectivity index is 0.000000433. The summed E-state index contributed by atoms with van der Waals surface area (Å²) in [6.45, 7) is 3.11. The van der Waals surface area contributed by atoms with E-state index in [0.717, 1.165) is 40.9 Å². The Labute approximate surface area is 266 Å². The molecule has 2 aromatic carbocycles. The van der Waals surface area contributed by atoms with Gasteiger partial charge in [0.2, 0.25) is 6.08 Å². The molecule has 47 heavy (non-hydrogen) atoms. The Morgan fingerprint density at radius 1 is 0.894 bits per heavy atom. The first-order valence-electron chi connectivity index (χ1n) is 13.4. The normalized spacial score (nSPS) is 11.9. The van der Waals surface area contributed by atoms with E-state index in [1.807, 2.05) is 54.7 Å². The Morgan fingerprint density at radius 3 is 1.96 bits per heavy atom. The predicted octanol–water partition coefficient (Wildman–Crippen LogP) is 6.18. The Hall–Kier alpha value is -4.32. The zero-order chi connectivity index (χ0) is 35.3. The predicted molar refractivity (Wildman–Crippen MR) is 157 cm³/mol. The maximum Gasteiger partial charge on any atom is 0.480 e. The van der Waals surface area contributed by atoms with Gasteiger partial charge in [0.1, 0.15) is 0 Å². The van der Waals surface area contributed by atoms with Crippen molar-refractivity contribution in [1.29, 1.82) is 0 Å². The van der Waals surface area contributed by atoms with Gasteiger partial charge in [0, 0.05) is 24.2 Å². The Bertz CT molecular complexity index is 1700. The lowest BCUT2D eigenvalue weighted by Gasteiger charge is -2.22. The number of anilines is 1. The second-order valence-corrected chi connectivity index (χ2v) is 12.8. The van der Waals surface area contributed by atoms with Gasteiger partial charge in [-0.2, -0.15) is 35.9 Å². The van der Waals surface area contributed by atoms with Crippen LogP contribution in [0.25, 0.3) is 4.13 Å². The standard InChI is InChI=1S/C26H27N3O3.C2F6NO4S2/c1-2-3-6-25-7-4-5-16-29(25)17-18-32-26(31)28-24-14-10-22(11-15-24)19-21-8-12-23(13-9-21)27-20-30;3-1(4,5)14(10,11)9-15(12,13)2(6,7)8/h4-5,7-16H,2-3,6,17-19H2,1H3;/q;-1/p+1. The molecule has 0 saturated carbocycles. The van der Waals surface area contributed by atoms with Crippen molar-refractivity contribution in [3.8, 4) is 0 Å². The van der Waals surface area contributed by atoms with E-state index < -0.39 is 37.2 Å². The van der Waals surface area contributed by atoms with Crippen molar-refractivity contribution in [2.45, 2.75) is 50.2 Å². The molecule has 0 fully saturated rings. The summed E-state index contributed by atoms with van der Waals surface area (Å²) in [5.74, 6) is 0. The molecule has 0 unspecified atom stereocenters. The Morgan fingerprint density at radius 2 is 1.45 bits per heavy atom. The number of sulfonamides is 2. The number of unbranched alkanes of at least 4 members (excludes halogenated alkanes) is 1. The molecule has 0 aliphatic heterocycles. The number of alkyl halides is 6. The van der Waals surface area contributed by atoms with Gasteiger partial charge in [-0.3, -0.25) is 5.32 Å². The van der Waals surface area contributed by atoms with Gasteiger partial charge in [0.25, 0.3) is 0 Å². The maximum atomic E-state index is 12.1. The molecule has 0 aliphatic carbocycles. The van der Waals surface area contributed by atoms with Crippen LogP contribution in [0.15, 0.2) is 77.9 Å². The van der Waals surface area contributed by atoms with Crippen LogP contribution in [0.3, 0.4) is 0 Å². The molecule has 19 heteroatoms. The number of benzene rings is 2. The molecule has 1 N–H and O–H groups in total. The molecule has 0 aliphatic rings. The molecule has 1 aromatic heterocycles. The number of aromatic nitrogens is 1. The van der Waals surface area contributed by atoms with E-state index in [2.05, 4.69) is 27.9 Å². The number of amides is 1. The average molecular weight is 711 g/mol. The molecule has 1 amide bonds. The summed E-state index contributed by atoms with van der Waals surface area (Å²) in [6, 6.07) is 21.2. The van der Waals surface area contributed by atoms with Crippen LogP contribution in [0.1, 0.15) is 36.6 Å². The van der Waals surface area contributed by atoms with Crippen LogP contribution in [0.4, 0.5) is 42.5 Å². The molecule has 0 atom stereocenters. The number of aliphatic imine (C=N–C) groups is 1. The summed E-state index contributed by atoms with van der Waals surface area (Å²) < 4.78 is 117. The SMILES string of the molecule is CCCCc1cccc[n+]1CCOC(=O)Nc1ccc(Cc2ccc(N=C=O)cc2)cc1.O=S(=O)([N-]S(=O)(=O)C(F)(F)F)C(F)(F)F. The van der Waals surface area contributed by atoms with Crippen LogP contribution >= 0.6 is 0 Å². The van der Waals surface area contributed by atoms with E-state index in [4.69, 9.17) is 4.74 Å². The van der Waals surface area contributed by atoms with Crippen LogP contribution < -0.4 is 9.88 Å². The zero-order valence-corrected chi connectivity index (χ0v) is 26.1. The summed E-state index contributed by atoms with van der Waals surface area (Å²) in [7, 11) is -13.4. The van der Waals surface area contributed by atoms with Crippen LogP contribution in [-0.2, 0) is 49.0 Å². The number of carbonyl (C=O) groups excluding carboxylic acids is 2. The van der Waals surface area contributed by atoms with Gasteiger partial charge in [-0.25, -0.2) is 26.4 Å². The molecular weight excluding hydrogens is 682 g/mol. The smallest absolute Gasteiger partial charge is 0.443 e. The summed E-state index contributed by atoms with van der Waals surface area (Å²) >= 11 is 0. The minimum absolute atomic E-state index is 0.307. The second kappa shape index (κ2) is 17.0. The molecule has 0 spiro atoms. The van der Waals surface area contributed by atoms with Crippen molar-refractivity contribution in [1.82, 2.24) is 0 Å². The maximum absolute atomic E-state index is 12.1. The van der Waals surface area contributed by atoms with Crippen molar-refractivity contribution in [3.05, 3.63) is 93.9 Å². The highest BCUT2D eigenvalue weighted by Gasteiger charge is 2.46. The van der Waals surface area contributed by atoms with Gasteiger partial charge in [0.05, 0.1) is 5.69 Å². The van der Waals surface area contributed by atoms with Crippen molar-refractivity contribution in [2.75, 3.05) is 11.9 Å². The molecule has 11 nitrogen and oxygen atoms in total. The van der Waals surface area contributed by atoms with Crippen LogP contribution in [0, 0.1) is 0 Å². The summed E-state index contributed by atoms with van der Waals surface area (Å²) in [4.78, 5) is 26.0. The quantitative estimate of drug-likeness (QED) is 0.102. The van der Waals surface area contributed by atoms with Crippen LogP contribution in [0.2, 0.25) is 0 Å². The Kier molecular flexibility index (Phi) is 14.1. The topological polar surface area (TPSA) is 154 Å². The van der Waals surface area contributed by atoms with E-state index in [0.29, 0.717) is 24.5 Å². The lowest BCUT2D eigenvalue weighted by molar-refractivity contribution is -0.705. The molecule has 3 rings (SSSR count).